The maximum Gasteiger partial charge on any atom is 0.248 e. The number of hydrogen-bond donors (Lipinski definition) is 1. The van der Waals surface area contributed by atoms with Crippen molar-refractivity contribution in [3.8, 4) is 11.5 Å². The summed E-state index contributed by atoms with van der Waals surface area (Å²) < 4.78 is 43.8. The fraction of sp³-hybridized carbons (Fsp3) is 0.423. The van der Waals surface area contributed by atoms with E-state index >= 15 is 0 Å². The van der Waals surface area contributed by atoms with Crippen LogP contribution >= 0.6 is 0 Å². The fourth-order valence-electron chi connectivity index (χ4n) is 4.43. The van der Waals surface area contributed by atoms with Gasteiger partial charge in [0.15, 0.2) is 11.5 Å². The van der Waals surface area contributed by atoms with Crippen molar-refractivity contribution in [1.82, 2.24) is 4.31 Å². The number of piperidine rings is 1. The summed E-state index contributed by atoms with van der Waals surface area (Å²) in [5, 5.41) is 2.91. The molecule has 194 valence electrons. The molecule has 10 heteroatoms. The lowest BCUT2D eigenvalue weighted by Gasteiger charge is -2.31. The Labute approximate surface area is 212 Å². The molecule has 0 aliphatic carbocycles. The number of rotatable bonds is 8. The number of anilines is 2. The third-order valence-corrected chi connectivity index (χ3v) is 8.26. The van der Waals surface area contributed by atoms with E-state index in [1.807, 2.05) is 6.07 Å². The Bertz CT molecular complexity index is 1200. The smallest absolute Gasteiger partial charge is 0.248 e. The van der Waals surface area contributed by atoms with Crippen LogP contribution in [0, 0.1) is 0 Å². The highest BCUT2D eigenvalue weighted by Gasteiger charge is 2.28. The van der Waals surface area contributed by atoms with E-state index in [2.05, 4.69) is 10.2 Å². The summed E-state index contributed by atoms with van der Waals surface area (Å²) in [4.78, 5) is 15.3. The van der Waals surface area contributed by atoms with Crippen molar-refractivity contribution >= 4 is 33.4 Å². The van der Waals surface area contributed by atoms with Gasteiger partial charge in [-0.15, -0.1) is 0 Å². The van der Waals surface area contributed by atoms with Gasteiger partial charge >= 0.3 is 0 Å². The molecular formula is C26H33N3O6S. The molecule has 0 spiro atoms. The van der Waals surface area contributed by atoms with E-state index < -0.39 is 10.0 Å². The zero-order valence-electron chi connectivity index (χ0n) is 20.7. The van der Waals surface area contributed by atoms with Crippen LogP contribution < -0.4 is 19.7 Å². The number of amides is 1. The number of methoxy groups -OCH3 is 2. The normalized spacial score (nSPS) is 17.2. The van der Waals surface area contributed by atoms with Crippen LogP contribution in [-0.4, -0.2) is 72.2 Å². The third-order valence-electron chi connectivity index (χ3n) is 6.37. The summed E-state index contributed by atoms with van der Waals surface area (Å²) >= 11 is 0. The molecule has 1 amide bonds. The molecule has 2 aromatic rings. The van der Waals surface area contributed by atoms with Gasteiger partial charge in [-0.25, -0.2) is 8.42 Å². The quantitative estimate of drug-likeness (QED) is 0.539. The molecule has 0 bridgehead atoms. The van der Waals surface area contributed by atoms with E-state index in [9.17, 15) is 13.2 Å². The average molecular weight is 516 g/mol. The minimum absolute atomic E-state index is 0.157. The van der Waals surface area contributed by atoms with Crippen molar-refractivity contribution in [1.29, 1.82) is 0 Å². The van der Waals surface area contributed by atoms with Gasteiger partial charge in [0, 0.05) is 32.3 Å². The molecule has 9 nitrogen and oxygen atoms in total. The van der Waals surface area contributed by atoms with Crippen LogP contribution in [0.4, 0.5) is 11.4 Å². The number of carbonyl (C=O) groups is 1. The topological polar surface area (TPSA) is 97.4 Å². The summed E-state index contributed by atoms with van der Waals surface area (Å²) in [5.41, 5.74) is 2.07. The van der Waals surface area contributed by atoms with Gasteiger partial charge in [-0.3, -0.25) is 4.79 Å². The molecule has 4 rings (SSSR count). The number of nitrogens with zero attached hydrogens (tertiary/aromatic N) is 2. The van der Waals surface area contributed by atoms with Crippen LogP contribution in [0.3, 0.4) is 0 Å². The first-order valence-electron chi connectivity index (χ1n) is 12.1. The van der Waals surface area contributed by atoms with Gasteiger partial charge in [0.05, 0.1) is 43.7 Å². The maximum absolute atomic E-state index is 13.2. The lowest BCUT2D eigenvalue weighted by Crippen LogP contribution is -2.40. The summed E-state index contributed by atoms with van der Waals surface area (Å²) in [7, 11) is -0.580. The molecule has 2 heterocycles. The lowest BCUT2D eigenvalue weighted by atomic mass is 10.1. The van der Waals surface area contributed by atoms with Crippen molar-refractivity contribution in [2.75, 3.05) is 63.8 Å². The molecule has 1 N–H and O–H groups in total. The minimum atomic E-state index is -3.70. The van der Waals surface area contributed by atoms with E-state index in [1.165, 1.54) is 10.4 Å². The van der Waals surface area contributed by atoms with Crippen LogP contribution in [0.2, 0.25) is 0 Å². The molecule has 36 heavy (non-hydrogen) atoms. The molecule has 0 unspecified atom stereocenters. The highest BCUT2D eigenvalue weighted by atomic mass is 32.2. The third kappa shape index (κ3) is 6.00. The fourth-order valence-corrected chi connectivity index (χ4v) is 5.86. The summed E-state index contributed by atoms with van der Waals surface area (Å²) in [6.07, 6.45) is 6.37. The van der Waals surface area contributed by atoms with Crippen LogP contribution in [0.25, 0.3) is 6.08 Å². The molecule has 0 saturated carbocycles. The summed E-state index contributed by atoms with van der Waals surface area (Å²) in [6, 6.07) is 10.4. The molecule has 0 atom stereocenters. The van der Waals surface area contributed by atoms with E-state index in [4.69, 9.17) is 14.2 Å². The standard InChI is InChI=1S/C26H33N3O6S/c1-33-24-10-6-20(18-25(24)34-2)7-11-26(30)27-22-19-21(36(31,32)29-14-16-35-17-15-29)8-9-23(22)28-12-4-3-5-13-28/h6-11,18-19H,3-5,12-17H2,1-2H3,(H,27,30). The Morgan fingerprint density at radius 3 is 2.36 bits per heavy atom. The van der Waals surface area contributed by atoms with Crippen molar-refractivity contribution in [3.63, 3.8) is 0 Å². The Morgan fingerprint density at radius 2 is 1.67 bits per heavy atom. The van der Waals surface area contributed by atoms with Crippen LogP contribution in [0.1, 0.15) is 24.8 Å². The second-order valence-corrected chi connectivity index (χ2v) is 10.6. The molecule has 2 aliphatic heterocycles. The Kier molecular flexibility index (Phi) is 8.50. The molecular weight excluding hydrogens is 482 g/mol. The van der Waals surface area contributed by atoms with Gasteiger partial charge in [-0.05, 0) is 61.2 Å². The zero-order valence-corrected chi connectivity index (χ0v) is 21.6. The SMILES string of the molecule is COc1ccc(C=CC(=O)Nc2cc(S(=O)(=O)N3CCOCC3)ccc2N2CCCCC2)cc1OC. The molecule has 2 aliphatic rings. The number of morpholine rings is 1. The molecule has 2 saturated heterocycles. The minimum Gasteiger partial charge on any atom is -0.493 e. The highest BCUT2D eigenvalue weighted by Crippen LogP contribution is 2.32. The molecule has 0 aromatic heterocycles. The van der Waals surface area contributed by atoms with Gasteiger partial charge in [0.2, 0.25) is 15.9 Å². The monoisotopic (exact) mass is 515 g/mol. The molecule has 0 radical (unpaired) electrons. The van der Waals surface area contributed by atoms with Gasteiger partial charge in [0.25, 0.3) is 0 Å². The zero-order chi connectivity index (χ0) is 25.5. The number of benzene rings is 2. The average Bonchev–Trinajstić information content (AvgIpc) is 2.92. The van der Waals surface area contributed by atoms with Gasteiger partial charge in [-0.1, -0.05) is 6.07 Å². The van der Waals surface area contributed by atoms with E-state index in [-0.39, 0.29) is 10.8 Å². The molecule has 2 fully saturated rings. The van der Waals surface area contributed by atoms with Gasteiger partial charge < -0.3 is 24.4 Å². The first-order valence-corrected chi connectivity index (χ1v) is 13.5. The number of ether oxygens (including phenoxy) is 3. The molecule has 2 aromatic carbocycles. The maximum atomic E-state index is 13.2. The first kappa shape index (κ1) is 26.0. The predicted octanol–water partition coefficient (Wildman–Crippen LogP) is 3.37. The van der Waals surface area contributed by atoms with Crippen LogP contribution in [0.15, 0.2) is 47.4 Å². The van der Waals surface area contributed by atoms with Crippen molar-refractivity contribution in [2.45, 2.75) is 24.2 Å². The van der Waals surface area contributed by atoms with Gasteiger partial charge in [0.1, 0.15) is 0 Å². The van der Waals surface area contributed by atoms with Crippen molar-refractivity contribution in [2.24, 2.45) is 0 Å². The predicted molar refractivity (Wildman–Crippen MR) is 139 cm³/mol. The number of sulfonamides is 1. The Hall–Kier alpha value is -3.08. The highest BCUT2D eigenvalue weighted by molar-refractivity contribution is 7.89. The summed E-state index contributed by atoms with van der Waals surface area (Å²) in [5.74, 6) is 0.806. The Balaban J connectivity index is 1.59. The van der Waals surface area contributed by atoms with Crippen molar-refractivity contribution in [3.05, 3.63) is 48.0 Å². The van der Waals surface area contributed by atoms with E-state index in [1.54, 1.807) is 50.6 Å². The van der Waals surface area contributed by atoms with E-state index in [0.29, 0.717) is 43.5 Å². The number of carbonyl (C=O) groups excluding carboxylic acids is 1. The second-order valence-electron chi connectivity index (χ2n) is 8.68. The lowest BCUT2D eigenvalue weighted by molar-refractivity contribution is -0.111. The van der Waals surface area contributed by atoms with E-state index in [0.717, 1.165) is 43.6 Å². The first-order chi connectivity index (χ1) is 17.4. The van der Waals surface area contributed by atoms with Crippen LogP contribution in [0.5, 0.6) is 11.5 Å². The van der Waals surface area contributed by atoms with Crippen LogP contribution in [-0.2, 0) is 19.6 Å². The van der Waals surface area contributed by atoms with Crippen molar-refractivity contribution < 1.29 is 27.4 Å². The Morgan fingerprint density at radius 1 is 0.944 bits per heavy atom. The second kappa shape index (κ2) is 11.8. The number of hydrogen-bond acceptors (Lipinski definition) is 7. The number of nitrogens with one attached hydrogen (secondary N) is 1. The summed E-state index contributed by atoms with van der Waals surface area (Å²) in [6.45, 7) is 3.09. The largest absolute Gasteiger partial charge is 0.493 e. The van der Waals surface area contributed by atoms with Gasteiger partial charge in [-0.2, -0.15) is 4.31 Å².